The van der Waals surface area contributed by atoms with Gasteiger partial charge in [0.05, 0.1) is 17.3 Å². The summed E-state index contributed by atoms with van der Waals surface area (Å²) in [7, 11) is 0. The van der Waals surface area contributed by atoms with Crippen molar-refractivity contribution in [3.05, 3.63) is 90.1 Å². The van der Waals surface area contributed by atoms with Crippen molar-refractivity contribution < 1.29 is 32.7 Å². The third-order valence-corrected chi connectivity index (χ3v) is 6.59. The van der Waals surface area contributed by atoms with E-state index in [1.165, 1.54) is 5.56 Å². The molecule has 4 aromatic rings. The van der Waals surface area contributed by atoms with Gasteiger partial charge in [-0.3, -0.25) is 14.5 Å². The number of fused-ring (bicyclic) bond motifs is 1. The van der Waals surface area contributed by atoms with E-state index in [2.05, 4.69) is 27.4 Å². The number of carbonyl (C=O) groups is 3. The number of benzene rings is 3. The number of rotatable bonds is 6. The minimum atomic E-state index is -5.08. The molecule has 2 heterocycles. The number of alkyl halides is 3. The Labute approximate surface area is 233 Å². The number of carboxylic acids is 1. The standard InChI is InChI=1S/C27H27N5O2.C2HF3O2/c28-26(33)23-10-6-9-20-18-32(30-25(20)23)22-14-12-21(13-15-22)29-27(34)24-11-4-5-16-31(24)17-19-7-2-1-3-8-19;3-2(4,5)1(6)7/h1-3,6-10,12-15,18,24H,4-5,11,16-17H2,(H2,28,33)(H,29,34);(H,6,7). The number of amides is 2. The first-order valence-electron chi connectivity index (χ1n) is 12.8. The quantitative estimate of drug-likeness (QED) is 0.308. The molecule has 0 radical (unpaired) electrons. The highest BCUT2D eigenvalue weighted by Gasteiger charge is 2.38. The molecule has 0 saturated carbocycles. The van der Waals surface area contributed by atoms with E-state index in [4.69, 9.17) is 15.6 Å². The second-order valence-corrected chi connectivity index (χ2v) is 9.49. The summed E-state index contributed by atoms with van der Waals surface area (Å²) in [5.41, 5.74) is 9.24. The van der Waals surface area contributed by atoms with Crippen LogP contribution in [0.15, 0.2) is 79.0 Å². The lowest BCUT2D eigenvalue weighted by Gasteiger charge is -2.34. The molecular formula is C29H28F3N5O4. The molecule has 5 rings (SSSR count). The van der Waals surface area contributed by atoms with Gasteiger partial charge in [-0.05, 0) is 55.3 Å². The number of anilines is 1. The van der Waals surface area contributed by atoms with Crippen molar-refractivity contribution in [2.75, 3.05) is 11.9 Å². The molecule has 0 aliphatic carbocycles. The summed E-state index contributed by atoms with van der Waals surface area (Å²) in [5, 5.41) is 15.6. The molecule has 0 spiro atoms. The number of hydrogen-bond acceptors (Lipinski definition) is 5. The van der Waals surface area contributed by atoms with Crippen molar-refractivity contribution in [1.29, 1.82) is 0 Å². The number of primary amides is 1. The van der Waals surface area contributed by atoms with Crippen molar-refractivity contribution >= 4 is 34.4 Å². The zero-order valence-electron chi connectivity index (χ0n) is 21.8. The van der Waals surface area contributed by atoms with Gasteiger partial charge in [-0.1, -0.05) is 48.9 Å². The summed E-state index contributed by atoms with van der Waals surface area (Å²) in [6, 6.07) is 23.0. The summed E-state index contributed by atoms with van der Waals surface area (Å²) in [6.45, 7) is 1.70. The fourth-order valence-electron chi connectivity index (χ4n) is 4.59. The van der Waals surface area contributed by atoms with Crippen LogP contribution in [-0.2, 0) is 16.1 Å². The van der Waals surface area contributed by atoms with E-state index in [9.17, 15) is 22.8 Å². The van der Waals surface area contributed by atoms with E-state index in [-0.39, 0.29) is 11.9 Å². The van der Waals surface area contributed by atoms with Crippen LogP contribution in [0.4, 0.5) is 18.9 Å². The monoisotopic (exact) mass is 567 g/mol. The number of halogens is 3. The molecule has 3 aromatic carbocycles. The number of hydrogen-bond donors (Lipinski definition) is 3. The van der Waals surface area contributed by atoms with Gasteiger partial charge >= 0.3 is 12.1 Å². The molecule has 214 valence electrons. The van der Waals surface area contributed by atoms with E-state index in [1.54, 1.807) is 16.8 Å². The molecule has 9 nitrogen and oxygen atoms in total. The Morgan fingerprint density at radius 2 is 1.66 bits per heavy atom. The number of nitrogens with one attached hydrogen (secondary N) is 1. The molecule has 12 heteroatoms. The lowest BCUT2D eigenvalue weighted by atomic mass is 10.00. The van der Waals surface area contributed by atoms with Crippen LogP contribution in [0.25, 0.3) is 16.6 Å². The lowest BCUT2D eigenvalue weighted by Crippen LogP contribution is -2.46. The fourth-order valence-corrected chi connectivity index (χ4v) is 4.59. The lowest BCUT2D eigenvalue weighted by molar-refractivity contribution is -0.192. The van der Waals surface area contributed by atoms with Gasteiger partial charge in [0, 0.05) is 23.8 Å². The first-order chi connectivity index (χ1) is 19.5. The fraction of sp³-hybridized carbons (Fsp3) is 0.241. The smallest absolute Gasteiger partial charge is 0.475 e. The van der Waals surface area contributed by atoms with Gasteiger partial charge in [0.25, 0.3) is 5.91 Å². The minimum Gasteiger partial charge on any atom is -0.475 e. The van der Waals surface area contributed by atoms with Crippen molar-refractivity contribution in [2.24, 2.45) is 5.73 Å². The normalized spacial score (nSPS) is 15.5. The largest absolute Gasteiger partial charge is 0.490 e. The van der Waals surface area contributed by atoms with E-state index in [1.807, 2.05) is 54.7 Å². The SMILES string of the molecule is NC(=O)c1cccc2cn(-c3ccc(NC(=O)C4CCCCN4Cc4ccccc4)cc3)nc12.O=C(O)C(F)(F)F. The second-order valence-electron chi connectivity index (χ2n) is 9.49. The van der Waals surface area contributed by atoms with Gasteiger partial charge in [0.2, 0.25) is 5.91 Å². The van der Waals surface area contributed by atoms with Gasteiger partial charge in [0.15, 0.2) is 0 Å². The van der Waals surface area contributed by atoms with Crippen LogP contribution < -0.4 is 11.1 Å². The Hall–Kier alpha value is -4.71. The molecule has 1 saturated heterocycles. The average molecular weight is 568 g/mol. The number of carboxylic acid groups (broad SMARTS) is 1. The maximum Gasteiger partial charge on any atom is 0.490 e. The number of aromatic nitrogens is 2. The van der Waals surface area contributed by atoms with Crippen molar-refractivity contribution in [3.63, 3.8) is 0 Å². The first-order valence-corrected chi connectivity index (χ1v) is 12.8. The van der Waals surface area contributed by atoms with Crippen LogP contribution in [0, 0.1) is 0 Å². The summed E-state index contributed by atoms with van der Waals surface area (Å²) in [5.74, 6) is -3.23. The molecular weight excluding hydrogens is 539 g/mol. The maximum atomic E-state index is 13.1. The summed E-state index contributed by atoms with van der Waals surface area (Å²) < 4.78 is 33.4. The summed E-state index contributed by atoms with van der Waals surface area (Å²) in [4.78, 5) is 36.0. The summed E-state index contributed by atoms with van der Waals surface area (Å²) >= 11 is 0. The van der Waals surface area contributed by atoms with Crippen LogP contribution in [0.3, 0.4) is 0 Å². The number of likely N-dealkylation sites (tertiary alicyclic amines) is 1. The van der Waals surface area contributed by atoms with Crippen LogP contribution in [0.2, 0.25) is 0 Å². The summed E-state index contributed by atoms with van der Waals surface area (Å²) in [6.07, 6.45) is -0.193. The number of nitrogens with zero attached hydrogens (tertiary/aromatic N) is 3. The highest BCUT2D eigenvalue weighted by atomic mass is 19.4. The van der Waals surface area contributed by atoms with Gasteiger partial charge in [0.1, 0.15) is 5.52 Å². The van der Waals surface area contributed by atoms with Crippen LogP contribution >= 0.6 is 0 Å². The molecule has 1 aliphatic heterocycles. The number of piperidine rings is 1. The first kappa shape index (κ1) is 29.3. The Balaban J connectivity index is 0.000000493. The van der Waals surface area contributed by atoms with Gasteiger partial charge in [-0.25, -0.2) is 9.48 Å². The Bertz CT molecular complexity index is 1520. The predicted octanol–water partition coefficient (Wildman–Crippen LogP) is 4.75. The predicted molar refractivity (Wildman–Crippen MR) is 146 cm³/mol. The van der Waals surface area contributed by atoms with Gasteiger partial charge in [-0.2, -0.15) is 18.3 Å². The van der Waals surface area contributed by atoms with E-state index < -0.39 is 18.1 Å². The molecule has 1 atom stereocenters. The Morgan fingerprint density at radius 3 is 2.29 bits per heavy atom. The molecule has 1 fully saturated rings. The number of aliphatic carboxylic acids is 1. The molecule has 1 aromatic heterocycles. The average Bonchev–Trinajstić information content (AvgIpc) is 3.38. The van der Waals surface area contributed by atoms with Crippen LogP contribution in [0.5, 0.6) is 0 Å². The number of carbonyl (C=O) groups excluding carboxylic acids is 2. The van der Waals surface area contributed by atoms with E-state index in [0.29, 0.717) is 11.1 Å². The van der Waals surface area contributed by atoms with Crippen molar-refractivity contribution in [2.45, 2.75) is 38.0 Å². The molecule has 1 unspecified atom stereocenters. The van der Waals surface area contributed by atoms with E-state index >= 15 is 0 Å². The Morgan fingerprint density at radius 1 is 0.976 bits per heavy atom. The van der Waals surface area contributed by atoms with Crippen LogP contribution in [0.1, 0.15) is 35.2 Å². The molecule has 0 bridgehead atoms. The third kappa shape index (κ3) is 7.48. The molecule has 2 amide bonds. The van der Waals surface area contributed by atoms with Crippen molar-refractivity contribution in [3.8, 4) is 5.69 Å². The minimum absolute atomic E-state index is 0.0271. The van der Waals surface area contributed by atoms with Crippen LogP contribution in [-0.4, -0.2) is 56.3 Å². The highest BCUT2D eigenvalue weighted by Crippen LogP contribution is 2.23. The molecule has 1 aliphatic rings. The highest BCUT2D eigenvalue weighted by molar-refractivity contribution is 6.04. The van der Waals surface area contributed by atoms with E-state index in [0.717, 1.165) is 49.1 Å². The zero-order chi connectivity index (χ0) is 29.6. The second kappa shape index (κ2) is 12.6. The zero-order valence-corrected chi connectivity index (χ0v) is 21.8. The molecule has 4 N–H and O–H groups in total. The Kier molecular flexibility index (Phi) is 9.03. The number of nitrogens with two attached hydrogens (primary N) is 1. The third-order valence-electron chi connectivity index (χ3n) is 6.59. The molecule has 41 heavy (non-hydrogen) atoms. The maximum absolute atomic E-state index is 13.1. The van der Waals surface area contributed by atoms with Gasteiger partial charge < -0.3 is 16.2 Å². The van der Waals surface area contributed by atoms with Crippen molar-refractivity contribution in [1.82, 2.24) is 14.7 Å². The van der Waals surface area contributed by atoms with Gasteiger partial charge in [-0.15, -0.1) is 0 Å². The topological polar surface area (TPSA) is 131 Å².